The smallest absolute Gasteiger partial charge is 0.255 e. The van der Waals surface area contributed by atoms with Crippen molar-refractivity contribution in [2.75, 3.05) is 92.8 Å². The molecule has 64 heavy (non-hydrogen) atoms. The highest BCUT2D eigenvalue weighted by atomic mass is 33.1. The van der Waals surface area contributed by atoms with Crippen LogP contribution in [0.2, 0.25) is 0 Å². The first kappa shape index (κ1) is 57.6. The maximum absolute atomic E-state index is 15.1. The van der Waals surface area contributed by atoms with E-state index in [2.05, 4.69) is 112 Å². The second-order valence-corrected chi connectivity index (χ2v) is 19.6. The monoisotopic (exact) mass is 929 g/mol. The molecule has 0 saturated heterocycles. The predicted octanol–water partition coefficient (Wildman–Crippen LogP) is 11.4. The van der Waals surface area contributed by atoms with Gasteiger partial charge in [-0.3, -0.25) is 9.59 Å². The highest BCUT2D eigenvalue weighted by Gasteiger charge is 2.31. The lowest BCUT2D eigenvalue weighted by atomic mass is 10.0. The van der Waals surface area contributed by atoms with Gasteiger partial charge in [0.1, 0.15) is 11.5 Å². The van der Waals surface area contributed by atoms with Crippen LogP contribution in [0.3, 0.4) is 0 Å². The van der Waals surface area contributed by atoms with Gasteiger partial charge in [-0.25, -0.2) is 0 Å². The Bertz CT molecular complexity index is 1420. The van der Waals surface area contributed by atoms with Crippen molar-refractivity contribution in [1.82, 2.24) is 29.4 Å². The Kier molecular flexibility index (Phi) is 29.1. The van der Waals surface area contributed by atoms with Crippen molar-refractivity contribution in [2.24, 2.45) is 0 Å². The van der Waals surface area contributed by atoms with Gasteiger partial charge in [0.15, 0.2) is 0 Å². The Morgan fingerprint density at radius 3 is 0.922 bits per heavy atom. The molecule has 0 bridgehead atoms. The molecular weight excluding hydrogens is 837 g/mol. The number of methoxy groups -OCH3 is 2. The number of hydrogen-bond acceptors (Lipinski definition) is 10. The van der Waals surface area contributed by atoms with Crippen LogP contribution in [-0.2, 0) is 0 Å². The third-order valence-electron chi connectivity index (χ3n) is 13.4. The molecule has 0 aliphatic carbocycles. The minimum absolute atomic E-state index is 0.0432. The zero-order chi connectivity index (χ0) is 47.6. The SMILES string of the molecule is CCN(CC)CCCC(C)N(C(=O)c1ccc(OC)cc1SSc1cc(OC)ccc1C(=O)N(C(C)CCCN(CC)CC)C(C)CCCN(CC)CC)C(C)CCCN(CC)CC. The van der Waals surface area contributed by atoms with Crippen LogP contribution < -0.4 is 9.47 Å². The van der Waals surface area contributed by atoms with Gasteiger partial charge in [-0.2, -0.15) is 0 Å². The lowest BCUT2D eigenvalue weighted by Gasteiger charge is -2.36. The molecule has 366 valence electrons. The van der Waals surface area contributed by atoms with E-state index in [-0.39, 0.29) is 36.0 Å². The van der Waals surface area contributed by atoms with Crippen LogP contribution in [0.5, 0.6) is 11.5 Å². The van der Waals surface area contributed by atoms with Crippen LogP contribution in [0.25, 0.3) is 0 Å². The van der Waals surface area contributed by atoms with Gasteiger partial charge in [0.25, 0.3) is 11.8 Å². The van der Waals surface area contributed by atoms with E-state index in [1.165, 1.54) is 21.6 Å². The molecule has 0 radical (unpaired) electrons. The molecule has 2 rings (SSSR count). The summed E-state index contributed by atoms with van der Waals surface area (Å²) in [4.78, 5) is 45.9. The Balaban J connectivity index is 2.57. The number of hydrogen-bond donors (Lipinski definition) is 0. The second kappa shape index (κ2) is 32.3. The first-order chi connectivity index (χ1) is 30.8. The van der Waals surface area contributed by atoms with Crippen molar-refractivity contribution in [3.63, 3.8) is 0 Å². The molecule has 0 fully saturated rings. The summed E-state index contributed by atoms with van der Waals surface area (Å²) in [5.41, 5.74) is 1.32. The van der Waals surface area contributed by atoms with Gasteiger partial charge >= 0.3 is 0 Å². The van der Waals surface area contributed by atoms with Gasteiger partial charge in [0.05, 0.1) is 25.3 Å². The van der Waals surface area contributed by atoms with E-state index in [0.717, 1.165) is 140 Å². The molecular formula is C52H92N6O4S2. The summed E-state index contributed by atoms with van der Waals surface area (Å²) in [6.45, 7) is 39.0. The van der Waals surface area contributed by atoms with Gasteiger partial charge in [-0.15, -0.1) is 0 Å². The highest BCUT2D eigenvalue weighted by molar-refractivity contribution is 8.76. The number of carbonyl (C=O) groups is 2. The zero-order valence-electron chi connectivity index (χ0n) is 43.0. The molecule has 0 heterocycles. The molecule has 0 aliphatic rings. The molecule has 2 aromatic carbocycles. The van der Waals surface area contributed by atoms with Crippen molar-refractivity contribution < 1.29 is 19.1 Å². The van der Waals surface area contributed by atoms with E-state index >= 15 is 9.59 Å². The molecule has 2 amide bonds. The summed E-state index contributed by atoms with van der Waals surface area (Å²) in [6, 6.07) is 11.9. The van der Waals surface area contributed by atoms with Crippen LogP contribution >= 0.6 is 21.6 Å². The molecule has 4 unspecified atom stereocenters. The zero-order valence-corrected chi connectivity index (χ0v) is 44.7. The minimum Gasteiger partial charge on any atom is -0.497 e. The fourth-order valence-electron chi connectivity index (χ4n) is 8.94. The molecule has 10 nitrogen and oxygen atoms in total. The van der Waals surface area contributed by atoms with E-state index in [1.54, 1.807) is 14.2 Å². The third-order valence-corrected chi connectivity index (χ3v) is 15.8. The molecule has 2 aromatic rings. The van der Waals surface area contributed by atoms with Gasteiger partial charge in [0.2, 0.25) is 0 Å². The summed E-state index contributed by atoms with van der Waals surface area (Å²) in [5, 5.41) is 0. The normalized spacial score (nSPS) is 13.7. The largest absolute Gasteiger partial charge is 0.497 e. The van der Waals surface area contributed by atoms with Crippen molar-refractivity contribution in [3.05, 3.63) is 47.5 Å². The Morgan fingerprint density at radius 2 is 0.703 bits per heavy atom. The van der Waals surface area contributed by atoms with Crippen LogP contribution in [0, 0.1) is 0 Å². The number of rotatable bonds is 35. The Morgan fingerprint density at radius 1 is 0.453 bits per heavy atom. The lowest BCUT2D eigenvalue weighted by Crippen LogP contribution is -2.45. The van der Waals surface area contributed by atoms with Gasteiger partial charge < -0.3 is 38.9 Å². The fourth-order valence-corrected chi connectivity index (χ4v) is 11.3. The van der Waals surface area contributed by atoms with Crippen LogP contribution in [0.1, 0.15) is 155 Å². The third kappa shape index (κ3) is 18.7. The van der Waals surface area contributed by atoms with E-state index < -0.39 is 0 Å². The molecule has 12 heteroatoms. The van der Waals surface area contributed by atoms with Crippen molar-refractivity contribution in [1.29, 1.82) is 0 Å². The van der Waals surface area contributed by atoms with Gasteiger partial charge in [-0.1, -0.05) is 77.0 Å². The molecule has 0 N–H and O–H groups in total. The topological polar surface area (TPSA) is 72.0 Å². The lowest BCUT2D eigenvalue weighted by molar-refractivity contribution is 0.0563. The number of ether oxygens (including phenoxy) is 2. The molecule has 0 spiro atoms. The van der Waals surface area contributed by atoms with E-state index in [4.69, 9.17) is 9.47 Å². The van der Waals surface area contributed by atoms with Crippen molar-refractivity contribution in [3.8, 4) is 11.5 Å². The van der Waals surface area contributed by atoms with Gasteiger partial charge in [-0.05, 0) is 194 Å². The first-order valence-corrected chi connectivity index (χ1v) is 27.2. The Labute approximate surface area is 400 Å². The number of carbonyl (C=O) groups excluding carboxylic acids is 2. The Hall–Kier alpha value is -2.48. The van der Waals surface area contributed by atoms with E-state index in [0.29, 0.717) is 22.6 Å². The predicted molar refractivity (Wildman–Crippen MR) is 276 cm³/mol. The fraction of sp³-hybridized carbons (Fsp3) is 0.731. The summed E-state index contributed by atoms with van der Waals surface area (Å²) in [7, 11) is 6.37. The summed E-state index contributed by atoms with van der Waals surface area (Å²) in [6.07, 6.45) is 7.87. The van der Waals surface area contributed by atoms with Crippen molar-refractivity contribution in [2.45, 2.75) is 168 Å². The summed E-state index contributed by atoms with van der Waals surface area (Å²) in [5.74, 6) is 1.47. The minimum atomic E-state index is 0.0432. The number of amides is 2. The quantitative estimate of drug-likeness (QED) is 0.0624. The molecule has 4 atom stereocenters. The van der Waals surface area contributed by atoms with E-state index in [1.807, 2.05) is 36.4 Å². The second-order valence-electron chi connectivity index (χ2n) is 17.4. The summed E-state index contributed by atoms with van der Waals surface area (Å²) >= 11 is 0. The molecule has 0 aliphatic heterocycles. The average Bonchev–Trinajstić information content (AvgIpc) is 3.31. The summed E-state index contributed by atoms with van der Waals surface area (Å²) < 4.78 is 11.5. The van der Waals surface area contributed by atoms with E-state index in [9.17, 15) is 0 Å². The van der Waals surface area contributed by atoms with Crippen LogP contribution in [0.4, 0.5) is 0 Å². The maximum Gasteiger partial charge on any atom is 0.255 e. The highest BCUT2D eigenvalue weighted by Crippen LogP contribution is 2.44. The average molecular weight is 929 g/mol. The molecule has 0 saturated carbocycles. The van der Waals surface area contributed by atoms with Crippen LogP contribution in [0.15, 0.2) is 46.2 Å². The van der Waals surface area contributed by atoms with Crippen molar-refractivity contribution >= 4 is 33.4 Å². The number of nitrogens with zero attached hydrogens (tertiary/aromatic N) is 6. The number of benzene rings is 2. The maximum atomic E-state index is 15.1. The standard InChI is InChI=1S/C52H92N6O4S2/c1-15-53(16-2)35-23-27-41(9)57(42(10)28-24-36-54(17-3)18-4)51(59)47-33-31-45(61-13)39-49(47)63-64-50-40-46(62-14)32-34-48(50)52(60)58(43(11)29-25-37-55(19-5)20-6)44(12)30-26-38-56(21-7)22-8/h31-34,39-44H,15-30,35-38H2,1-14H3. The van der Waals surface area contributed by atoms with Gasteiger partial charge in [0, 0.05) is 34.0 Å². The van der Waals surface area contributed by atoms with Crippen LogP contribution in [-0.4, -0.2) is 158 Å². The molecule has 0 aromatic heterocycles. The first-order valence-electron chi connectivity index (χ1n) is 25.1.